The molecule has 2 aromatic carbocycles. The smallest absolute Gasteiger partial charge is 0.319 e. The average molecular weight is 649 g/mol. The fourth-order valence-electron chi connectivity index (χ4n) is 7.74. The number of alkyl halides is 1. The third-order valence-electron chi connectivity index (χ3n) is 10.1. The fraction of sp³-hybridized carbons (Fsp3) is 0.457. The Morgan fingerprint density at radius 3 is 2.79 bits per heavy atom. The van der Waals surface area contributed by atoms with Crippen molar-refractivity contribution in [1.82, 2.24) is 25.2 Å². The first-order valence-electron chi connectivity index (χ1n) is 16.0. The first kappa shape index (κ1) is 31.5. The number of terminal acetylenes is 1. The first-order valence-corrected chi connectivity index (χ1v) is 16.0. The number of ether oxygens (including phenoxy) is 2. The second kappa shape index (κ2) is 12.2. The summed E-state index contributed by atoms with van der Waals surface area (Å²) in [5.41, 5.74) is -1.29. The van der Waals surface area contributed by atoms with Crippen LogP contribution in [-0.2, 0) is 4.74 Å². The van der Waals surface area contributed by atoms with Gasteiger partial charge in [-0.3, -0.25) is 9.88 Å². The van der Waals surface area contributed by atoms with E-state index in [2.05, 4.69) is 33.0 Å². The quantitative estimate of drug-likeness (QED) is 0.201. The number of anilines is 1. The number of aromatic nitrogens is 3. The number of fused-ring (bicyclic) bond motifs is 3. The maximum Gasteiger partial charge on any atom is 0.319 e. The van der Waals surface area contributed by atoms with Gasteiger partial charge in [-0.2, -0.15) is 9.97 Å². The van der Waals surface area contributed by atoms with Gasteiger partial charge in [0.05, 0.1) is 28.6 Å². The minimum Gasteiger partial charge on any atom is -0.461 e. The van der Waals surface area contributed by atoms with Gasteiger partial charge in [-0.25, -0.2) is 17.6 Å². The number of nitrogens with zero attached hydrogens (tertiary/aromatic N) is 5. The molecule has 4 aromatic rings. The summed E-state index contributed by atoms with van der Waals surface area (Å²) >= 11 is 0. The number of piperazine rings is 1. The van der Waals surface area contributed by atoms with Crippen molar-refractivity contribution in [3.05, 3.63) is 53.5 Å². The van der Waals surface area contributed by atoms with E-state index in [0.29, 0.717) is 55.8 Å². The number of pyridine rings is 1. The van der Waals surface area contributed by atoms with Crippen molar-refractivity contribution in [2.45, 2.75) is 49.9 Å². The summed E-state index contributed by atoms with van der Waals surface area (Å²) in [7, 11) is 1.65. The van der Waals surface area contributed by atoms with Crippen LogP contribution in [0.25, 0.3) is 32.9 Å². The molecule has 0 radical (unpaired) electrons. The van der Waals surface area contributed by atoms with Gasteiger partial charge in [-0.1, -0.05) is 18.9 Å². The van der Waals surface area contributed by atoms with Gasteiger partial charge in [0.2, 0.25) is 0 Å². The molecule has 2 aromatic heterocycles. The van der Waals surface area contributed by atoms with Crippen molar-refractivity contribution < 1.29 is 27.0 Å². The highest BCUT2D eigenvalue weighted by atomic mass is 19.1. The molecule has 1 N–H and O–H groups in total. The molecule has 0 bridgehead atoms. The maximum atomic E-state index is 16.8. The Balaban J connectivity index is 1.38. The van der Waals surface area contributed by atoms with Crippen LogP contribution in [0, 0.1) is 29.8 Å². The molecule has 3 atom stereocenters. The highest BCUT2D eigenvalue weighted by Crippen LogP contribution is 2.41. The van der Waals surface area contributed by atoms with Gasteiger partial charge in [-0.15, -0.1) is 6.42 Å². The van der Waals surface area contributed by atoms with Crippen molar-refractivity contribution in [1.29, 1.82) is 0 Å². The van der Waals surface area contributed by atoms with Crippen LogP contribution in [0.4, 0.5) is 23.4 Å². The lowest BCUT2D eigenvalue weighted by molar-refractivity contribution is 0.101. The normalized spacial score (nSPS) is 24.6. The van der Waals surface area contributed by atoms with Gasteiger partial charge >= 0.3 is 6.01 Å². The Morgan fingerprint density at radius 2 is 2.00 bits per heavy atom. The minimum atomic E-state index is -0.944. The summed E-state index contributed by atoms with van der Waals surface area (Å²) < 4.78 is 72.8. The summed E-state index contributed by atoms with van der Waals surface area (Å²) in [6, 6.07) is 4.80. The van der Waals surface area contributed by atoms with Crippen molar-refractivity contribution >= 4 is 27.5 Å². The number of nitrogens with one attached hydrogen (secondary N) is 1. The lowest BCUT2D eigenvalue weighted by Gasteiger charge is -2.43. The summed E-state index contributed by atoms with van der Waals surface area (Å²) in [6.07, 6.45) is 9.00. The molecule has 0 spiro atoms. The Kier molecular flexibility index (Phi) is 8.18. The van der Waals surface area contributed by atoms with Crippen molar-refractivity contribution in [3.8, 4) is 29.6 Å². The molecule has 7 rings (SSSR count). The topological polar surface area (TPSA) is 75.6 Å². The molecule has 0 amide bonds. The lowest BCUT2D eigenvalue weighted by Crippen LogP contribution is -2.62. The van der Waals surface area contributed by atoms with E-state index in [1.54, 1.807) is 7.11 Å². The summed E-state index contributed by atoms with van der Waals surface area (Å²) in [5, 5.41) is 4.37. The van der Waals surface area contributed by atoms with Crippen LogP contribution in [0.3, 0.4) is 0 Å². The number of hydrogen-bond donors (Lipinski definition) is 1. The molecule has 5 heterocycles. The SMILES string of the molecule is C#Cc1c(F)ccc2cc(F)cc(-c3ncc4c(N5CCN[C@@](CC)(COC)C5)nc(OC[C@@]56CCCN5C[C@H](F)C6)nc4c3F)c12. The standard InChI is InChI=1S/C35H36F4N6O2/c1-4-24-27(38)8-7-21-13-22(36)14-25(28(21)24)30-29(39)31-26(16-40-30)32(44-12-10-41-34(5-2,18-44)19-46-3)43-33(42-31)47-20-35-9-6-11-45(35)17-23(37)15-35/h1,7-8,13-14,16,23,41H,5-6,9-12,15,17-20H2,2-3H3/t23-,34-,35+/m1/s1. The first-order chi connectivity index (χ1) is 22.7. The summed E-state index contributed by atoms with van der Waals surface area (Å²) in [4.78, 5) is 17.9. The number of halogens is 4. The average Bonchev–Trinajstić information content (AvgIpc) is 3.59. The van der Waals surface area contributed by atoms with Gasteiger partial charge in [0.15, 0.2) is 5.82 Å². The van der Waals surface area contributed by atoms with Crippen molar-refractivity contribution in [2.24, 2.45) is 0 Å². The summed E-state index contributed by atoms with van der Waals surface area (Å²) in [5.74, 6) is 0.551. The molecule has 3 aliphatic rings. The minimum absolute atomic E-state index is 0.00202. The number of benzene rings is 2. The van der Waals surface area contributed by atoms with Gasteiger partial charge < -0.3 is 19.7 Å². The van der Waals surface area contributed by atoms with E-state index in [0.717, 1.165) is 37.9 Å². The monoisotopic (exact) mass is 648 g/mol. The van der Waals surface area contributed by atoms with E-state index >= 15 is 4.39 Å². The predicted octanol–water partition coefficient (Wildman–Crippen LogP) is 5.40. The van der Waals surface area contributed by atoms with E-state index in [1.807, 2.05) is 4.90 Å². The second-order valence-corrected chi connectivity index (χ2v) is 12.9. The van der Waals surface area contributed by atoms with E-state index in [4.69, 9.17) is 20.9 Å². The van der Waals surface area contributed by atoms with Gasteiger partial charge in [0.25, 0.3) is 0 Å². The van der Waals surface area contributed by atoms with Gasteiger partial charge in [0.1, 0.15) is 41.4 Å². The molecule has 0 unspecified atom stereocenters. The van der Waals surface area contributed by atoms with Gasteiger partial charge in [0, 0.05) is 56.9 Å². The zero-order valence-electron chi connectivity index (χ0n) is 26.4. The van der Waals surface area contributed by atoms with Crippen LogP contribution < -0.4 is 15.0 Å². The molecule has 12 heteroatoms. The fourth-order valence-corrected chi connectivity index (χ4v) is 7.74. The zero-order valence-corrected chi connectivity index (χ0v) is 26.4. The Bertz CT molecular complexity index is 1900. The molecular weight excluding hydrogens is 612 g/mol. The van der Waals surface area contributed by atoms with E-state index in [9.17, 15) is 13.2 Å². The van der Waals surface area contributed by atoms with Crippen LogP contribution in [0.5, 0.6) is 6.01 Å². The van der Waals surface area contributed by atoms with E-state index in [1.165, 1.54) is 18.3 Å². The molecule has 0 aliphatic carbocycles. The largest absolute Gasteiger partial charge is 0.461 e. The Hall–Kier alpha value is -4.05. The molecule has 246 valence electrons. The van der Waals surface area contributed by atoms with Gasteiger partial charge in [-0.05, 0) is 49.4 Å². The molecule has 8 nitrogen and oxygen atoms in total. The Labute approximate surface area is 270 Å². The van der Waals surface area contributed by atoms with E-state index < -0.39 is 29.2 Å². The third kappa shape index (κ3) is 5.44. The highest BCUT2D eigenvalue weighted by molar-refractivity contribution is 6.02. The molecular formula is C35H36F4N6O2. The molecule has 47 heavy (non-hydrogen) atoms. The molecule has 3 fully saturated rings. The third-order valence-corrected chi connectivity index (χ3v) is 10.1. The van der Waals surface area contributed by atoms with Crippen molar-refractivity contribution in [3.63, 3.8) is 0 Å². The van der Waals surface area contributed by atoms with Crippen LogP contribution in [0.1, 0.15) is 38.2 Å². The van der Waals surface area contributed by atoms with Crippen LogP contribution in [0.15, 0.2) is 30.5 Å². The summed E-state index contributed by atoms with van der Waals surface area (Å²) in [6.45, 7) is 5.51. The number of rotatable bonds is 8. The van der Waals surface area contributed by atoms with E-state index in [-0.39, 0.29) is 45.9 Å². The molecule has 0 saturated carbocycles. The highest BCUT2D eigenvalue weighted by Gasteiger charge is 2.49. The second-order valence-electron chi connectivity index (χ2n) is 12.9. The number of methoxy groups -OCH3 is 1. The maximum absolute atomic E-state index is 16.8. The van der Waals surface area contributed by atoms with Crippen LogP contribution >= 0.6 is 0 Å². The Morgan fingerprint density at radius 1 is 1.15 bits per heavy atom. The number of hydrogen-bond acceptors (Lipinski definition) is 8. The molecule has 3 aliphatic heterocycles. The van der Waals surface area contributed by atoms with Crippen LogP contribution in [0.2, 0.25) is 0 Å². The zero-order chi connectivity index (χ0) is 32.9. The van der Waals surface area contributed by atoms with Crippen molar-refractivity contribution in [2.75, 3.05) is 57.9 Å². The molecule has 3 saturated heterocycles. The lowest BCUT2D eigenvalue weighted by atomic mass is 9.94. The van der Waals surface area contributed by atoms with Crippen LogP contribution in [-0.4, -0.2) is 90.1 Å². The predicted molar refractivity (Wildman–Crippen MR) is 172 cm³/mol.